The Morgan fingerprint density at radius 3 is 2.50 bits per heavy atom. The van der Waals surface area contributed by atoms with E-state index in [1.807, 2.05) is 6.92 Å². The average molecular weight is 276 g/mol. The highest BCUT2D eigenvalue weighted by Crippen LogP contribution is 2.14. The Morgan fingerprint density at radius 1 is 1.20 bits per heavy atom. The molecule has 0 aliphatic heterocycles. The van der Waals surface area contributed by atoms with E-state index in [4.69, 9.17) is 9.47 Å². The van der Waals surface area contributed by atoms with E-state index in [-0.39, 0.29) is 11.8 Å². The Hall–Kier alpha value is -1.94. The van der Waals surface area contributed by atoms with Gasteiger partial charge in [0.15, 0.2) is 5.78 Å². The summed E-state index contributed by atoms with van der Waals surface area (Å²) in [7, 11) is 0. The third kappa shape index (κ3) is 5.80. The summed E-state index contributed by atoms with van der Waals surface area (Å²) in [6.45, 7) is 6.26. The predicted molar refractivity (Wildman–Crippen MR) is 76.9 cm³/mol. The van der Waals surface area contributed by atoms with Gasteiger partial charge >= 0.3 is 5.97 Å². The summed E-state index contributed by atoms with van der Waals surface area (Å²) in [6, 6.07) is 6.57. The minimum absolute atomic E-state index is 0.000460. The standard InChI is InChI=1S/C16H20O4/c1-3-5-16(18)20-14-8-6-13(7-9-14)15(17)10-12-19-11-4-2/h4,6-9H,2-3,5,10-12H2,1H3. The first kappa shape index (κ1) is 16.1. The second-order valence-corrected chi connectivity index (χ2v) is 4.29. The van der Waals surface area contributed by atoms with Crippen molar-refractivity contribution in [2.45, 2.75) is 26.2 Å². The second kappa shape index (κ2) is 9.04. The molecule has 0 N–H and O–H groups in total. The maximum atomic E-state index is 11.8. The van der Waals surface area contributed by atoms with E-state index in [0.29, 0.717) is 37.4 Å². The van der Waals surface area contributed by atoms with Gasteiger partial charge < -0.3 is 9.47 Å². The molecular formula is C16H20O4. The molecule has 0 atom stereocenters. The smallest absolute Gasteiger partial charge is 0.311 e. The van der Waals surface area contributed by atoms with Gasteiger partial charge in [-0.3, -0.25) is 9.59 Å². The summed E-state index contributed by atoms with van der Waals surface area (Å²) < 4.78 is 10.3. The summed E-state index contributed by atoms with van der Waals surface area (Å²) >= 11 is 0. The Bertz CT molecular complexity index is 448. The first-order valence-electron chi connectivity index (χ1n) is 6.70. The zero-order valence-corrected chi connectivity index (χ0v) is 11.8. The minimum atomic E-state index is -0.260. The zero-order chi connectivity index (χ0) is 14.8. The van der Waals surface area contributed by atoms with Crippen LogP contribution in [-0.4, -0.2) is 25.0 Å². The van der Waals surface area contributed by atoms with Crippen molar-refractivity contribution in [2.75, 3.05) is 13.2 Å². The highest BCUT2D eigenvalue weighted by Gasteiger charge is 2.07. The van der Waals surface area contributed by atoms with Gasteiger partial charge in [0.1, 0.15) is 5.75 Å². The summed E-state index contributed by atoms with van der Waals surface area (Å²) in [6.07, 6.45) is 3.11. The van der Waals surface area contributed by atoms with Crippen LogP contribution in [0.5, 0.6) is 5.75 Å². The molecule has 0 bridgehead atoms. The van der Waals surface area contributed by atoms with Gasteiger partial charge in [0.05, 0.1) is 13.2 Å². The van der Waals surface area contributed by atoms with Gasteiger partial charge in [0.25, 0.3) is 0 Å². The number of carbonyl (C=O) groups is 2. The van der Waals surface area contributed by atoms with Crippen molar-refractivity contribution in [1.82, 2.24) is 0 Å². The topological polar surface area (TPSA) is 52.6 Å². The highest BCUT2D eigenvalue weighted by molar-refractivity contribution is 5.96. The number of hydrogen-bond acceptors (Lipinski definition) is 4. The van der Waals surface area contributed by atoms with Crippen molar-refractivity contribution in [3.8, 4) is 5.75 Å². The first-order chi connectivity index (χ1) is 9.67. The Kier molecular flexibility index (Phi) is 7.29. The predicted octanol–water partition coefficient (Wildman–Crippen LogP) is 3.17. The Morgan fingerprint density at radius 2 is 1.90 bits per heavy atom. The van der Waals surface area contributed by atoms with Gasteiger partial charge in [-0.25, -0.2) is 0 Å². The number of carbonyl (C=O) groups excluding carboxylic acids is 2. The molecular weight excluding hydrogens is 256 g/mol. The molecule has 1 aromatic rings. The van der Waals surface area contributed by atoms with E-state index in [0.717, 1.165) is 6.42 Å². The molecule has 0 heterocycles. The van der Waals surface area contributed by atoms with Crippen molar-refractivity contribution in [1.29, 1.82) is 0 Å². The minimum Gasteiger partial charge on any atom is -0.427 e. The lowest BCUT2D eigenvalue weighted by atomic mass is 10.1. The van der Waals surface area contributed by atoms with Crippen LogP contribution in [0.25, 0.3) is 0 Å². The number of ether oxygens (including phenoxy) is 2. The lowest BCUT2D eigenvalue weighted by Crippen LogP contribution is -2.08. The van der Waals surface area contributed by atoms with Gasteiger partial charge in [-0.15, -0.1) is 6.58 Å². The van der Waals surface area contributed by atoms with Crippen LogP contribution in [0, 0.1) is 0 Å². The number of esters is 1. The van der Waals surface area contributed by atoms with Gasteiger partial charge in [-0.2, -0.15) is 0 Å². The van der Waals surface area contributed by atoms with Gasteiger partial charge in [-0.05, 0) is 30.7 Å². The molecule has 0 radical (unpaired) electrons. The van der Waals surface area contributed by atoms with Crippen molar-refractivity contribution in [3.63, 3.8) is 0 Å². The summed E-state index contributed by atoms with van der Waals surface area (Å²) in [5.41, 5.74) is 0.586. The average Bonchev–Trinajstić information content (AvgIpc) is 2.44. The molecule has 1 rings (SSSR count). The monoisotopic (exact) mass is 276 g/mol. The molecule has 108 valence electrons. The van der Waals surface area contributed by atoms with E-state index >= 15 is 0 Å². The molecule has 0 aliphatic rings. The van der Waals surface area contributed by atoms with Crippen LogP contribution < -0.4 is 4.74 Å². The molecule has 0 amide bonds. The van der Waals surface area contributed by atoms with Crippen molar-refractivity contribution in [3.05, 3.63) is 42.5 Å². The fourth-order valence-electron chi connectivity index (χ4n) is 1.57. The van der Waals surface area contributed by atoms with E-state index in [1.165, 1.54) is 0 Å². The zero-order valence-electron chi connectivity index (χ0n) is 11.8. The molecule has 4 nitrogen and oxygen atoms in total. The maximum absolute atomic E-state index is 11.8. The maximum Gasteiger partial charge on any atom is 0.311 e. The van der Waals surface area contributed by atoms with Crippen LogP contribution in [-0.2, 0) is 9.53 Å². The molecule has 20 heavy (non-hydrogen) atoms. The molecule has 0 unspecified atom stereocenters. The lowest BCUT2D eigenvalue weighted by Gasteiger charge is -2.05. The second-order valence-electron chi connectivity index (χ2n) is 4.29. The Labute approximate surface area is 119 Å². The van der Waals surface area contributed by atoms with E-state index in [2.05, 4.69) is 6.58 Å². The lowest BCUT2D eigenvalue weighted by molar-refractivity contribution is -0.134. The molecule has 0 fully saturated rings. The number of benzene rings is 1. The fourth-order valence-corrected chi connectivity index (χ4v) is 1.57. The quantitative estimate of drug-likeness (QED) is 0.228. The first-order valence-corrected chi connectivity index (χ1v) is 6.70. The molecule has 0 saturated carbocycles. The van der Waals surface area contributed by atoms with Crippen molar-refractivity contribution in [2.24, 2.45) is 0 Å². The van der Waals surface area contributed by atoms with Crippen molar-refractivity contribution >= 4 is 11.8 Å². The van der Waals surface area contributed by atoms with Gasteiger partial charge in [0.2, 0.25) is 0 Å². The third-order valence-corrected chi connectivity index (χ3v) is 2.57. The molecule has 0 aliphatic carbocycles. The largest absolute Gasteiger partial charge is 0.427 e. The number of hydrogen-bond donors (Lipinski definition) is 0. The van der Waals surface area contributed by atoms with E-state index < -0.39 is 0 Å². The third-order valence-electron chi connectivity index (χ3n) is 2.57. The van der Waals surface area contributed by atoms with Crippen LogP contribution in [0.1, 0.15) is 36.5 Å². The van der Waals surface area contributed by atoms with Crippen LogP contribution in [0.2, 0.25) is 0 Å². The number of rotatable bonds is 9. The van der Waals surface area contributed by atoms with Crippen LogP contribution in [0.3, 0.4) is 0 Å². The SMILES string of the molecule is C=CCOCCC(=O)c1ccc(OC(=O)CCC)cc1. The van der Waals surface area contributed by atoms with Gasteiger partial charge in [-0.1, -0.05) is 13.0 Å². The molecule has 4 heteroatoms. The summed E-state index contributed by atoms with van der Waals surface area (Å²) in [4.78, 5) is 23.2. The number of Topliss-reactive ketones (excluding diaryl/α,β-unsaturated/α-hetero) is 1. The van der Waals surface area contributed by atoms with Crippen LogP contribution in [0.4, 0.5) is 0 Å². The van der Waals surface area contributed by atoms with Gasteiger partial charge in [0, 0.05) is 18.4 Å². The van der Waals surface area contributed by atoms with Crippen molar-refractivity contribution < 1.29 is 19.1 Å². The summed E-state index contributed by atoms with van der Waals surface area (Å²) in [5, 5.41) is 0. The molecule has 0 aromatic heterocycles. The molecule has 0 spiro atoms. The van der Waals surface area contributed by atoms with E-state index in [1.54, 1.807) is 30.3 Å². The van der Waals surface area contributed by atoms with Crippen LogP contribution in [0.15, 0.2) is 36.9 Å². The normalized spacial score (nSPS) is 10.1. The molecule has 0 saturated heterocycles. The van der Waals surface area contributed by atoms with E-state index in [9.17, 15) is 9.59 Å². The fraction of sp³-hybridized carbons (Fsp3) is 0.375. The Balaban J connectivity index is 2.46. The summed E-state index contributed by atoms with van der Waals surface area (Å²) in [5.74, 6) is 0.202. The number of ketones is 1. The molecule has 1 aromatic carbocycles. The van der Waals surface area contributed by atoms with Crippen LogP contribution >= 0.6 is 0 Å². The highest BCUT2D eigenvalue weighted by atomic mass is 16.5.